The number of hydrogen-bond donors (Lipinski definition) is 2. The van der Waals surface area contributed by atoms with Crippen LogP contribution in [0.4, 0.5) is 8.78 Å². The summed E-state index contributed by atoms with van der Waals surface area (Å²) >= 11 is 0. The first-order chi connectivity index (χ1) is 21.4. The van der Waals surface area contributed by atoms with Gasteiger partial charge in [0.15, 0.2) is 11.5 Å². The summed E-state index contributed by atoms with van der Waals surface area (Å²) in [5.41, 5.74) is 0.832. The van der Waals surface area contributed by atoms with Gasteiger partial charge in [-0.15, -0.1) is 0 Å². The summed E-state index contributed by atoms with van der Waals surface area (Å²) in [5, 5.41) is 19.3. The molecule has 3 saturated heterocycles. The first-order valence-corrected chi connectivity index (χ1v) is 15.0. The molecule has 4 aliphatic rings. The van der Waals surface area contributed by atoms with Gasteiger partial charge in [-0.25, -0.2) is 8.78 Å². The summed E-state index contributed by atoms with van der Waals surface area (Å²) < 4.78 is 28.2. The predicted molar refractivity (Wildman–Crippen MR) is 164 cm³/mol. The molecule has 1 aliphatic carbocycles. The topological polar surface area (TPSA) is 52.6 Å². The van der Waals surface area contributed by atoms with Crippen molar-refractivity contribution in [3.8, 4) is 0 Å². The van der Waals surface area contributed by atoms with Gasteiger partial charge in [0.25, 0.3) is 0 Å². The summed E-state index contributed by atoms with van der Waals surface area (Å²) in [7, 11) is 0. The van der Waals surface area contributed by atoms with E-state index in [-0.39, 0.29) is 30.0 Å². The summed E-state index contributed by atoms with van der Waals surface area (Å²) in [5.74, 6) is -1.20. The molecular weight excluding hydrogens is 554 g/mol. The van der Waals surface area contributed by atoms with Crippen LogP contribution in [-0.4, -0.2) is 28.9 Å². The third-order valence-corrected chi connectivity index (χ3v) is 10.7. The molecule has 3 aliphatic heterocycles. The highest BCUT2D eigenvalue weighted by atomic mass is 19.1. The average Bonchev–Trinajstić information content (AvgIpc) is 3.54. The summed E-state index contributed by atoms with van der Waals surface area (Å²) in [6.45, 7) is 0.542. The van der Waals surface area contributed by atoms with Gasteiger partial charge >= 0.3 is 0 Å². The Morgan fingerprint density at radius 3 is 2.14 bits per heavy atom. The Labute approximate surface area is 253 Å². The van der Waals surface area contributed by atoms with Crippen LogP contribution in [0.3, 0.4) is 0 Å². The van der Waals surface area contributed by atoms with Crippen LogP contribution in [0, 0.1) is 17.0 Å². The van der Waals surface area contributed by atoms with Crippen molar-refractivity contribution in [2.45, 2.75) is 23.2 Å². The number of benzene rings is 5. The van der Waals surface area contributed by atoms with E-state index in [9.17, 15) is 13.9 Å². The van der Waals surface area contributed by atoms with Crippen molar-refractivity contribution in [2.75, 3.05) is 13.1 Å². The highest BCUT2D eigenvalue weighted by Gasteiger charge is 2.85. The van der Waals surface area contributed by atoms with E-state index in [2.05, 4.69) is 5.32 Å². The monoisotopic (exact) mass is 582 g/mol. The molecule has 6 atom stereocenters. The van der Waals surface area contributed by atoms with E-state index < -0.39 is 22.6 Å². The molecule has 4 nitrogen and oxygen atoms in total. The summed E-state index contributed by atoms with van der Waals surface area (Å²) in [6, 6.07) is 34.3. The molecule has 2 N–H and O–H groups in total. The number of carbonyl (C=O) groups is 1. The second-order valence-corrected chi connectivity index (χ2v) is 12.6. The van der Waals surface area contributed by atoms with Crippen LogP contribution in [0.1, 0.15) is 39.8 Å². The molecule has 5 aromatic rings. The van der Waals surface area contributed by atoms with Crippen molar-refractivity contribution < 1.29 is 18.7 Å². The molecule has 9 rings (SSSR count). The number of hydrogen-bond acceptors (Lipinski definition) is 4. The second-order valence-electron chi connectivity index (χ2n) is 12.6. The van der Waals surface area contributed by atoms with Crippen molar-refractivity contribution >= 4 is 22.6 Å². The van der Waals surface area contributed by atoms with E-state index in [0.29, 0.717) is 17.7 Å². The standard InChI is InChI=1S/C38H28F2N2O2/c39-28-16-12-23(13-17-28)20-27-21-42-22-36(35(27)43)33(25-14-18-29(40)19-15-25)34(26-6-2-1-3-7-26)41-37(36)30-10-4-8-24-9-5-11-31(32(24)30)38(37,42)44/h1-20,33-34,41,44H,21-22H2/b27-20+/t33-,34-,36-,37+,38+/m1/s1. The van der Waals surface area contributed by atoms with Gasteiger partial charge in [0, 0.05) is 36.2 Å². The van der Waals surface area contributed by atoms with E-state index in [1.54, 1.807) is 24.3 Å². The first-order valence-electron chi connectivity index (χ1n) is 15.0. The van der Waals surface area contributed by atoms with Crippen molar-refractivity contribution in [1.82, 2.24) is 10.2 Å². The van der Waals surface area contributed by atoms with Crippen molar-refractivity contribution in [1.29, 1.82) is 0 Å². The molecule has 0 amide bonds. The summed E-state index contributed by atoms with van der Waals surface area (Å²) in [4.78, 5) is 17.5. The minimum absolute atomic E-state index is 0.0564. The number of ketones is 1. The van der Waals surface area contributed by atoms with Gasteiger partial charge in [-0.05, 0) is 63.4 Å². The number of nitrogens with one attached hydrogen (secondary N) is 1. The van der Waals surface area contributed by atoms with Gasteiger partial charge in [-0.2, -0.15) is 0 Å². The number of carbonyl (C=O) groups excluding carboxylic acids is 1. The molecule has 216 valence electrons. The third-order valence-electron chi connectivity index (χ3n) is 10.7. The van der Waals surface area contributed by atoms with Gasteiger partial charge in [0.05, 0.1) is 5.41 Å². The minimum atomic E-state index is -1.55. The van der Waals surface area contributed by atoms with Crippen molar-refractivity contribution in [3.63, 3.8) is 0 Å². The Kier molecular flexibility index (Phi) is 5.19. The van der Waals surface area contributed by atoms with Gasteiger partial charge in [0.1, 0.15) is 17.2 Å². The van der Waals surface area contributed by atoms with E-state index in [1.807, 2.05) is 77.7 Å². The lowest BCUT2D eigenvalue weighted by Crippen LogP contribution is -2.59. The normalized spacial score (nSPS) is 32.3. The van der Waals surface area contributed by atoms with Crippen LogP contribution in [0.15, 0.2) is 121 Å². The maximum Gasteiger partial charge on any atom is 0.170 e. The minimum Gasteiger partial charge on any atom is -0.369 e. The molecule has 44 heavy (non-hydrogen) atoms. The molecule has 3 fully saturated rings. The Hall–Kier alpha value is -4.49. The maximum atomic E-state index is 15.4. The fraction of sp³-hybridized carbons (Fsp3) is 0.184. The molecule has 2 spiro atoms. The van der Waals surface area contributed by atoms with Gasteiger partial charge in [-0.1, -0.05) is 91.0 Å². The zero-order valence-corrected chi connectivity index (χ0v) is 23.7. The Morgan fingerprint density at radius 2 is 1.43 bits per heavy atom. The lowest BCUT2D eigenvalue weighted by molar-refractivity contribution is -0.139. The highest BCUT2D eigenvalue weighted by molar-refractivity contribution is 6.09. The zero-order chi connectivity index (χ0) is 29.8. The van der Waals surface area contributed by atoms with E-state index in [0.717, 1.165) is 33.0 Å². The molecule has 1 unspecified atom stereocenters. The average molecular weight is 583 g/mol. The van der Waals surface area contributed by atoms with Crippen LogP contribution < -0.4 is 5.32 Å². The van der Waals surface area contributed by atoms with Gasteiger partial charge < -0.3 is 5.11 Å². The molecule has 5 aromatic carbocycles. The predicted octanol–water partition coefficient (Wildman–Crippen LogP) is 6.57. The largest absolute Gasteiger partial charge is 0.369 e. The van der Waals surface area contributed by atoms with Crippen LogP contribution in [0.5, 0.6) is 0 Å². The van der Waals surface area contributed by atoms with E-state index in [1.165, 1.54) is 24.3 Å². The number of nitrogens with zero attached hydrogens (tertiary/aromatic N) is 1. The Bertz CT molecular complexity index is 2020. The molecule has 0 radical (unpaired) electrons. The van der Waals surface area contributed by atoms with Crippen LogP contribution in [-0.2, 0) is 16.1 Å². The lowest BCUT2D eigenvalue weighted by atomic mass is 9.57. The number of Topliss-reactive ketones (excluding diaryl/α,β-unsaturated/α-hetero) is 1. The molecular formula is C38H28F2N2O2. The maximum absolute atomic E-state index is 15.4. The van der Waals surface area contributed by atoms with E-state index >= 15 is 4.79 Å². The zero-order valence-electron chi connectivity index (χ0n) is 23.7. The molecule has 6 heteroatoms. The Morgan fingerprint density at radius 1 is 0.773 bits per heavy atom. The van der Waals surface area contributed by atoms with Gasteiger partial charge in [-0.3, -0.25) is 15.0 Å². The van der Waals surface area contributed by atoms with Crippen LogP contribution in [0.25, 0.3) is 16.8 Å². The molecule has 0 aromatic heterocycles. The third kappa shape index (κ3) is 2.98. The molecule has 0 saturated carbocycles. The van der Waals surface area contributed by atoms with Gasteiger partial charge in [0.2, 0.25) is 0 Å². The number of piperidine rings is 1. The van der Waals surface area contributed by atoms with Crippen molar-refractivity contribution in [3.05, 3.63) is 160 Å². The second kappa shape index (κ2) is 8.79. The Balaban J connectivity index is 1.38. The fourth-order valence-corrected chi connectivity index (χ4v) is 9.14. The number of fused-ring (bicyclic) bond motifs is 3. The van der Waals surface area contributed by atoms with Crippen LogP contribution >= 0.6 is 0 Å². The SMILES string of the molecule is O=C1/C(=C/c2ccc(F)cc2)CN2C[C@@]13[C@H](c1ccc(F)cc1)[C@@H](c1ccccc1)N[C@@]31c3cccc4cccc(c34)[C@@]21O. The quantitative estimate of drug-likeness (QED) is 0.237. The number of rotatable bonds is 3. The molecule has 3 heterocycles. The van der Waals surface area contributed by atoms with E-state index in [4.69, 9.17) is 0 Å². The lowest BCUT2D eigenvalue weighted by Gasteiger charge is -2.44. The smallest absolute Gasteiger partial charge is 0.170 e. The molecule has 2 bridgehead atoms. The number of halogens is 2. The fourth-order valence-electron chi connectivity index (χ4n) is 9.14. The summed E-state index contributed by atoms with van der Waals surface area (Å²) in [6.07, 6.45) is 1.83. The first kappa shape index (κ1) is 26.0. The highest BCUT2D eigenvalue weighted by Crippen LogP contribution is 2.76. The number of aliphatic hydroxyl groups is 1. The van der Waals surface area contributed by atoms with Crippen LogP contribution in [0.2, 0.25) is 0 Å². The van der Waals surface area contributed by atoms with Crippen molar-refractivity contribution in [2.24, 2.45) is 5.41 Å².